The average molecular weight is 1210 g/mol. The van der Waals surface area contributed by atoms with Crippen molar-refractivity contribution in [2.45, 2.75) is 0 Å². The van der Waals surface area contributed by atoms with Crippen molar-refractivity contribution in [3.63, 3.8) is 0 Å². The summed E-state index contributed by atoms with van der Waals surface area (Å²) in [7, 11) is 0. The van der Waals surface area contributed by atoms with Crippen LogP contribution in [0.4, 0.5) is 0 Å². The standard InChI is InChI=1S/30CN.5Fe.3V/c30*1-2;;;;;;;;/q30*-1;5*+3;;;. The van der Waals surface area contributed by atoms with Crippen LogP contribution in [0.1, 0.15) is 0 Å². The van der Waals surface area contributed by atoms with Gasteiger partial charge in [-0.25, -0.2) is 0 Å². The van der Waals surface area contributed by atoms with Gasteiger partial charge >= 0.3 is 85.3 Å². The Kier molecular flexibility index (Phi) is 10300. The molecule has 340 valence electrons. The topological polar surface area (TPSA) is 714 Å². The Morgan fingerprint density at radius 1 is 0.0735 bits per heavy atom. The molecule has 0 atom stereocenters. The van der Waals surface area contributed by atoms with Crippen molar-refractivity contribution in [2.75, 3.05) is 0 Å². The zero-order chi connectivity index (χ0) is 60.0. The van der Waals surface area contributed by atoms with Gasteiger partial charge in [-0.1, -0.05) is 0 Å². The molecule has 0 fully saturated rings. The molecule has 38 heteroatoms. The van der Waals surface area contributed by atoms with Gasteiger partial charge in [-0.2, -0.15) is 0 Å². The summed E-state index contributed by atoms with van der Waals surface area (Å²) in [5.74, 6) is 0. The second kappa shape index (κ2) is 1420. The summed E-state index contributed by atoms with van der Waals surface area (Å²) in [4.78, 5) is 0. The first-order valence-electron chi connectivity index (χ1n) is 6.71. The van der Waals surface area contributed by atoms with E-state index in [0.717, 1.165) is 0 Å². The van der Waals surface area contributed by atoms with E-state index in [1.54, 1.807) is 0 Å². The van der Waals surface area contributed by atoms with Crippen molar-refractivity contribution in [1.82, 2.24) is 0 Å². The third kappa shape index (κ3) is 1340. The van der Waals surface area contributed by atoms with Gasteiger partial charge < -0.3 is 355 Å². The van der Waals surface area contributed by atoms with Gasteiger partial charge in [0.1, 0.15) is 0 Å². The van der Waals surface area contributed by atoms with Gasteiger partial charge in [0.25, 0.3) is 0 Å². The summed E-state index contributed by atoms with van der Waals surface area (Å²) >= 11 is 0. The number of rotatable bonds is 0. The Morgan fingerprint density at radius 3 is 0.0735 bits per heavy atom. The van der Waals surface area contributed by atoms with E-state index in [-0.39, 0.29) is 141 Å². The monoisotopic (exact) mass is 1210 g/mol. The Morgan fingerprint density at radius 2 is 0.0735 bits per heavy atom. The van der Waals surface area contributed by atoms with Gasteiger partial charge in [-0.05, 0) is 0 Å². The Balaban J connectivity index is -0.00000000379. The molecule has 0 aromatic rings. The second-order valence-electron chi connectivity index (χ2n) is 0. The Bertz CT molecular complexity index is 687. The molecule has 0 unspecified atom stereocenters. The smallest absolute Gasteiger partial charge is 0.512 e. The van der Waals surface area contributed by atoms with Crippen LogP contribution in [0.15, 0.2) is 0 Å². The van der Waals surface area contributed by atoms with Crippen molar-refractivity contribution in [1.29, 1.82) is 158 Å². The Labute approximate surface area is 491 Å². The van der Waals surface area contributed by atoms with Crippen LogP contribution in [0.5, 0.6) is 0 Å². The number of nitrogens with zero attached hydrogens (tertiary/aromatic N) is 30. The predicted molar refractivity (Wildman–Crippen MR) is 149 cm³/mol. The quantitative estimate of drug-likeness (QED) is 0.248. The maximum absolute atomic E-state index is 6.25. The van der Waals surface area contributed by atoms with E-state index in [0.29, 0.717) is 0 Å². The summed E-state index contributed by atoms with van der Waals surface area (Å²) in [6.07, 6.45) is 0. The van der Waals surface area contributed by atoms with Gasteiger partial charge in [0.05, 0.1) is 0 Å². The molecule has 68 heavy (non-hydrogen) atoms. The zero-order valence-electron chi connectivity index (χ0n) is 31.5. The third-order valence-electron chi connectivity index (χ3n) is 0. The van der Waals surface area contributed by atoms with Crippen LogP contribution in [0.2, 0.25) is 0 Å². The molecule has 0 N–H and O–H groups in total. The normalized spacial score (nSPS) is 0.882. The van der Waals surface area contributed by atoms with Crippen LogP contribution < -0.4 is 0 Å². The van der Waals surface area contributed by atoms with E-state index in [4.69, 9.17) is 355 Å². The number of hydrogen-bond acceptors (Lipinski definition) is 30. The summed E-state index contributed by atoms with van der Waals surface area (Å²) in [5, 5.41) is 188. The van der Waals surface area contributed by atoms with Gasteiger partial charge in [0.2, 0.25) is 0 Å². The molecule has 0 aliphatic carbocycles. The van der Waals surface area contributed by atoms with Crippen LogP contribution in [-0.2, 0) is 141 Å². The summed E-state index contributed by atoms with van der Waals surface area (Å²) in [6.45, 7) is 142. The Hall–Kier alpha value is -10.9. The molecule has 0 aliphatic heterocycles. The van der Waals surface area contributed by atoms with Crippen molar-refractivity contribution in [3.8, 4) is 0 Å². The molecule has 0 aromatic heterocycles. The largest absolute Gasteiger partial charge is 3.00 e. The molecule has 0 bridgehead atoms. The van der Waals surface area contributed by atoms with E-state index in [1.807, 2.05) is 0 Å². The first-order chi connectivity index (χ1) is 30.0. The van der Waals surface area contributed by atoms with Crippen molar-refractivity contribution < 1.29 is 141 Å². The summed E-state index contributed by atoms with van der Waals surface area (Å²) in [6, 6.07) is 0. The molecular formula is C30Fe5N30V3-15. The molecule has 0 aliphatic rings. The van der Waals surface area contributed by atoms with E-state index in [9.17, 15) is 0 Å². The molecule has 0 saturated carbocycles. The average Bonchev–Trinajstić information content (AvgIpc) is 3.50. The van der Waals surface area contributed by atoms with Crippen LogP contribution >= 0.6 is 0 Å². The maximum Gasteiger partial charge on any atom is 3.00 e. The van der Waals surface area contributed by atoms with Crippen molar-refractivity contribution in [2.24, 2.45) is 0 Å². The first kappa shape index (κ1) is 494. The fourth-order valence-electron chi connectivity index (χ4n) is 0. The first-order valence-corrected chi connectivity index (χ1v) is 6.71. The van der Waals surface area contributed by atoms with Gasteiger partial charge in [-0.3, -0.25) is 0 Å². The van der Waals surface area contributed by atoms with E-state index in [2.05, 4.69) is 0 Å². The van der Waals surface area contributed by atoms with E-state index in [1.165, 1.54) is 0 Å². The predicted octanol–water partition coefficient (Wildman–Crippen LogP) is 2.87. The third-order valence-corrected chi connectivity index (χ3v) is 0. The molecule has 30 nitrogen and oxygen atoms in total. The molecule has 0 rings (SSSR count). The molecule has 0 heterocycles. The molecule has 0 amide bonds. The zero-order valence-corrected chi connectivity index (χ0v) is 41.2. The molecule has 8 radical (unpaired) electrons. The minimum atomic E-state index is 0. The molecule has 0 saturated heterocycles. The van der Waals surface area contributed by atoms with E-state index < -0.39 is 0 Å². The summed E-state index contributed by atoms with van der Waals surface area (Å²) in [5.41, 5.74) is 0. The molecule has 0 spiro atoms. The summed E-state index contributed by atoms with van der Waals surface area (Å²) < 4.78 is 0. The molecule has 0 aromatic carbocycles. The second-order valence-corrected chi connectivity index (χ2v) is 0. The maximum atomic E-state index is 6.25. The van der Waals surface area contributed by atoms with Crippen LogP contribution in [-0.4, -0.2) is 0 Å². The molecular weight excluding hydrogens is 1210 g/mol. The van der Waals surface area contributed by atoms with Gasteiger partial charge in [-0.15, -0.1) is 0 Å². The van der Waals surface area contributed by atoms with Crippen molar-refractivity contribution in [3.05, 3.63) is 197 Å². The number of hydrogen-bond donors (Lipinski definition) is 0. The van der Waals surface area contributed by atoms with E-state index >= 15 is 0 Å². The van der Waals surface area contributed by atoms with Crippen molar-refractivity contribution >= 4 is 0 Å². The fraction of sp³-hybridized carbons (Fsp3) is 0. The minimum absolute atomic E-state index is 0. The minimum Gasteiger partial charge on any atom is -0.512 e. The van der Waals surface area contributed by atoms with Gasteiger partial charge in [0.15, 0.2) is 0 Å². The van der Waals surface area contributed by atoms with Crippen LogP contribution in [0.3, 0.4) is 0 Å². The fourth-order valence-corrected chi connectivity index (χ4v) is 0. The van der Waals surface area contributed by atoms with Crippen LogP contribution in [0, 0.1) is 355 Å². The van der Waals surface area contributed by atoms with Crippen LogP contribution in [0.25, 0.3) is 0 Å². The SMILES string of the molecule is [C-]#N.[C-]#N.[C-]#N.[C-]#N.[C-]#N.[C-]#N.[C-]#N.[C-]#N.[C-]#N.[C-]#N.[C-]#N.[C-]#N.[C-]#N.[C-]#N.[C-]#N.[C-]#N.[C-]#N.[C-]#N.[C-]#N.[C-]#N.[C-]#N.[C-]#N.[C-]#N.[C-]#N.[C-]#N.[C-]#N.[C-]#N.[C-]#N.[C-]#N.[C-]#N.[Fe+3].[Fe+3].[Fe+3].[Fe+3].[Fe+3].[V].[V].[V]. The van der Waals surface area contributed by atoms with Gasteiger partial charge in [0, 0.05) is 55.7 Å².